The molecule has 0 unspecified atom stereocenters. The van der Waals surface area contributed by atoms with Crippen molar-refractivity contribution >= 4 is 20.9 Å². The molecule has 0 aliphatic carbocycles. The van der Waals surface area contributed by atoms with E-state index in [0.717, 1.165) is 29.7 Å². The van der Waals surface area contributed by atoms with E-state index in [1.54, 1.807) is 12.1 Å². The molecule has 9 heteroatoms. The SMILES string of the molecule is CCCCOc1ccc(-c2ccc(S(=O)(=O)N=[S-](=O)OCCOC)cc2)cc1. The summed E-state index contributed by atoms with van der Waals surface area (Å²) < 4.78 is 54.4. The van der Waals surface area contributed by atoms with Crippen LogP contribution in [0.25, 0.3) is 11.1 Å². The molecule has 0 radical (unpaired) electrons. The van der Waals surface area contributed by atoms with Crippen LogP contribution in [0.15, 0.2) is 57.2 Å². The molecule has 0 amide bonds. The Hall–Kier alpha value is -1.94. The first kappa shape index (κ1) is 22.4. The van der Waals surface area contributed by atoms with Crippen LogP contribution in [0.4, 0.5) is 0 Å². The van der Waals surface area contributed by atoms with E-state index in [1.165, 1.54) is 19.2 Å². The largest absolute Gasteiger partial charge is 0.494 e. The van der Waals surface area contributed by atoms with Gasteiger partial charge in [0.15, 0.2) is 0 Å². The van der Waals surface area contributed by atoms with Gasteiger partial charge in [0.25, 0.3) is 10.0 Å². The smallest absolute Gasteiger partial charge is 0.262 e. The summed E-state index contributed by atoms with van der Waals surface area (Å²) in [5.74, 6) is 0.797. The van der Waals surface area contributed by atoms with E-state index in [2.05, 4.69) is 10.7 Å². The fourth-order valence-electron chi connectivity index (χ4n) is 2.23. The fraction of sp³-hybridized carbons (Fsp3) is 0.368. The minimum Gasteiger partial charge on any atom is -0.494 e. The molecule has 2 aromatic carbocycles. The minimum absolute atomic E-state index is 0.0147. The average molecular weight is 427 g/mol. The fourth-order valence-corrected chi connectivity index (χ4v) is 4.08. The van der Waals surface area contributed by atoms with Gasteiger partial charge in [0, 0.05) is 13.7 Å². The van der Waals surface area contributed by atoms with Crippen molar-refractivity contribution in [2.45, 2.75) is 24.7 Å². The Morgan fingerprint density at radius 2 is 1.54 bits per heavy atom. The quantitative estimate of drug-likeness (QED) is 0.399. The number of hydrogen-bond donors (Lipinski definition) is 0. The number of methoxy groups -OCH3 is 1. The third kappa shape index (κ3) is 6.90. The lowest BCUT2D eigenvalue weighted by molar-refractivity contribution is 0.154. The molecule has 0 fully saturated rings. The Labute approximate surface area is 168 Å². The van der Waals surface area contributed by atoms with Crippen LogP contribution in [0.3, 0.4) is 0 Å². The molecule has 28 heavy (non-hydrogen) atoms. The van der Waals surface area contributed by atoms with E-state index in [1.807, 2.05) is 24.3 Å². The first-order chi connectivity index (χ1) is 13.5. The van der Waals surface area contributed by atoms with Crippen molar-refractivity contribution in [2.75, 3.05) is 26.9 Å². The number of unbranched alkanes of at least 4 members (excludes halogenated alkanes) is 1. The lowest BCUT2D eigenvalue weighted by Gasteiger charge is -2.09. The van der Waals surface area contributed by atoms with Crippen LogP contribution in [-0.4, -0.2) is 35.3 Å². The van der Waals surface area contributed by atoms with E-state index < -0.39 is 20.9 Å². The molecule has 7 nitrogen and oxygen atoms in total. The number of nitrogens with zero attached hydrogens (tertiary/aromatic N) is 1. The first-order valence-electron chi connectivity index (χ1n) is 8.81. The Morgan fingerprint density at radius 1 is 0.929 bits per heavy atom. The maximum atomic E-state index is 12.2. The van der Waals surface area contributed by atoms with Crippen LogP contribution in [0, 0.1) is 0 Å². The molecule has 0 atom stereocenters. The monoisotopic (exact) mass is 426 g/mol. The highest BCUT2D eigenvalue weighted by Gasteiger charge is 2.10. The zero-order valence-corrected chi connectivity index (χ0v) is 17.5. The van der Waals surface area contributed by atoms with Gasteiger partial charge < -0.3 is 17.9 Å². The summed E-state index contributed by atoms with van der Waals surface area (Å²) in [6.45, 7) is 2.97. The van der Waals surface area contributed by atoms with Crippen molar-refractivity contribution in [3.05, 3.63) is 48.5 Å². The number of benzene rings is 2. The maximum absolute atomic E-state index is 12.2. The Balaban J connectivity index is 2.08. The highest BCUT2D eigenvalue weighted by Crippen LogP contribution is 2.24. The summed E-state index contributed by atoms with van der Waals surface area (Å²) in [5.41, 5.74) is 1.77. The van der Waals surface area contributed by atoms with E-state index >= 15 is 0 Å². The molecule has 154 valence electrons. The van der Waals surface area contributed by atoms with Gasteiger partial charge in [-0.3, -0.25) is 3.77 Å². The van der Waals surface area contributed by atoms with Gasteiger partial charge in [-0.25, -0.2) is 8.42 Å². The van der Waals surface area contributed by atoms with Crippen molar-refractivity contribution in [3.8, 4) is 16.9 Å². The number of hydrogen-bond acceptors (Lipinski definition) is 7. The molecular formula is C19H24NO6S2-. The highest BCUT2D eigenvalue weighted by atomic mass is 32.3. The van der Waals surface area contributed by atoms with Gasteiger partial charge in [-0.05, 0) is 52.7 Å². The summed E-state index contributed by atoms with van der Waals surface area (Å²) in [4.78, 5) is -0.0561. The normalized spacial score (nSPS) is 12.8. The van der Waals surface area contributed by atoms with Crippen LogP contribution in [0.1, 0.15) is 19.8 Å². The van der Waals surface area contributed by atoms with Gasteiger partial charge in [-0.2, -0.15) is 0 Å². The Morgan fingerprint density at radius 3 is 2.11 bits per heavy atom. The van der Waals surface area contributed by atoms with Crippen molar-refractivity contribution in [1.82, 2.24) is 0 Å². The number of ether oxygens (including phenoxy) is 2. The molecule has 0 saturated carbocycles. The van der Waals surface area contributed by atoms with Gasteiger partial charge in [0.1, 0.15) is 5.75 Å². The first-order valence-corrected chi connectivity index (χ1v) is 11.3. The molecule has 0 aliphatic heterocycles. The molecular weight excluding hydrogens is 402 g/mol. The summed E-state index contributed by atoms with van der Waals surface area (Å²) in [7, 11) is -4.92. The topological polar surface area (TPSA) is 91.3 Å². The van der Waals surface area contributed by atoms with Crippen LogP contribution in [0.5, 0.6) is 5.75 Å². The average Bonchev–Trinajstić information content (AvgIpc) is 2.69. The van der Waals surface area contributed by atoms with Gasteiger partial charge in [0.2, 0.25) is 0 Å². The Bertz CT molecular complexity index is 918. The summed E-state index contributed by atoms with van der Waals surface area (Å²) in [6.07, 6.45) is 2.08. The van der Waals surface area contributed by atoms with Gasteiger partial charge in [-0.15, -0.1) is 0 Å². The van der Waals surface area contributed by atoms with Gasteiger partial charge >= 0.3 is 0 Å². The molecule has 0 N–H and O–H groups in total. The predicted octanol–water partition coefficient (Wildman–Crippen LogP) is 3.95. The second-order valence-corrected chi connectivity index (χ2v) is 8.52. The summed E-state index contributed by atoms with van der Waals surface area (Å²) in [6, 6.07) is 13.8. The van der Waals surface area contributed by atoms with Crippen molar-refractivity contribution < 1.29 is 26.3 Å². The van der Waals surface area contributed by atoms with Gasteiger partial charge in [0.05, 0.1) is 18.1 Å². The molecule has 0 heterocycles. The molecule has 0 spiro atoms. The van der Waals surface area contributed by atoms with Crippen LogP contribution in [-0.2, 0) is 34.0 Å². The van der Waals surface area contributed by atoms with E-state index in [-0.39, 0.29) is 18.1 Å². The summed E-state index contributed by atoms with van der Waals surface area (Å²) >= 11 is 0. The molecule has 0 aromatic heterocycles. The molecule has 0 bridgehead atoms. The van der Waals surface area contributed by atoms with Crippen molar-refractivity contribution in [2.24, 2.45) is 3.77 Å². The lowest BCUT2D eigenvalue weighted by Crippen LogP contribution is -2.02. The molecule has 0 saturated heterocycles. The Kier molecular flexibility index (Phi) is 8.91. The summed E-state index contributed by atoms with van der Waals surface area (Å²) in [5, 5.41) is 0. The van der Waals surface area contributed by atoms with Crippen molar-refractivity contribution in [3.63, 3.8) is 0 Å². The second kappa shape index (κ2) is 11.2. The van der Waals surface area contributed by atoms with Crippen molar-refractivity contribution in [1.29, 1.82) is 0 Å². The number of rotatable bonds is 11. The predicted molar refractivity (Wildman–Crippen MR) is 108 cm³/mol. The highest BCUT2D eigenvalue weighted by molar-refractivity contribution is 7.95. The third-order valence-electron chi connectivity index (χ3n) is 3.74. The minimum atomic E-state index is -4.08. The second-order valence-electron chi connectivity index (χ2n) is 5.83. The standard InChI is InChI=1S/C19H24NO6S2/c1-3-4-13-25-18-9-5-16(6-10-18)17-7-11-19(12-8-17)28(22,23)20-27(21)26-15-14-24-2/h5-12H,3-4,13-15H2,1-2H3/q-1. The van der Waals surface area contributed by atoms with E-state index in [4.69, 9.17) is 13.7 Å². The van der Waals surface area contributed by atoms with Crippen LogP contribution >= 0.6 is 0 Å². The zero-order chi connectivity index (χ0) is 20.4. The van der Waals surface area contributed by atoms with E-state index in [0.29, 0.717) is 6.61 Å². The number of sulfonamides is 1. The van der Waals surface area contributed by atoms with Crippen LogP contribution < -0.4 is 4.74 Å². The molecule has 0 aliphatic rings. The van der Waals surface area contributed by atoms with Gasteiger partial charge in [-0.1, -0.05) is 37.6 Å². The maximum Gasteiger partial charge on any atom is 0.262 e. The molecule has 2 rings (SSSR count). The third-order valence-corrected chi connectivity index (χ3v) is 6.25. The van der Waals surface area contributed by atoms with E-state index in [9.17, 15) is 12.6 Å². The van der Waals surface area contributed by atoms with Crippen LogP contribution in [0.2, 0.25) is 0 Å². The zero-order valence-electron chi connectivity index (χ0n) is 15.9. The molecule has 2 aromatic rings. The lowest BCUT2D eigenvalue weighted by atomic mass is 10.1.